The average molecular weight is 530 g/mol. The number of rotatable bonds is 8. The predicted octanol–water partition coefficient (Wildman–Crippen LogP) is 4.05. The predicted molar refractivity (Wildman–Crippen MR) is 125 cm³/mol. The van der Waals surface area contributed by atoms with Gasteiger partial charge in [-0.05, 0) is 76.7 Å². The molecular weight excluding hydrogens is 511 g/mol. The van der Waals surface area contributed by atoms with Gasteiger partial charge < -0.3 is 14.2 Å². The third-order valence-corrected chi connectivity index (χ3v) is 4.96. The van der Waals surface area contributed by atoms with Gasteiger partial charge in [-0.2, -0.15) is 5.10 Å². The highest BCUT2D eigenvalue weighted by Crippen LogP contribution is 2.25. The Kier molecular flexibility index (Phi) is 7.99. The molecule has 31 heavy (non-hydrogen) atoms. The quantitative estimate of drug-likeness (QED) is 0.156. The van der Waals surface area contributed by atoms with E-state index in [1.807, 2.05) is 18.2 Å². The van der Waals surface area contributed by atoms with E-state index in [0.717, 1.165) is 9.13 Å². The lowest BCUT2D eigenvalue weighted by atomic mass is 10.2. The van der Waals surface area contributed by atoms with Gasteiger partial charge in [0, 0.05) is 3.57 Å². The van der Waals surface area contributed by atoms with Gasteiger partial charge in [0.15, 0.2) is 18.1 Å². The molecule has 0 fully saturated rings. The molecule has 0 heterocycles. The molecule has 0 saturated carbocycles. The molecule has 0 radical (unpaired) electrons. The van der Waals surface area contributed by atoms with E-state index < -0.39 is 11.9 Å². The summed E-state index contributed by atoms with van der Waals surface area (Å²) in [6.45, 7) is -0.203. The Bertz CT molecular complexity index is 1080. The van der Waals surface area contributed by atoms with Gasteiger partial charge in [0.2, 0.25) is 0 Å². The molecule has 3 aromatic carbocycles. The number of para-hydroxylation sites is 2. The minimum atomic E-state index is -0.422. The van der Waals surface area contributed by atoms with E-state index in [-0.39, 0.29) is 6.61 Å². The number of esters is 1. The Labute approximate surface area is 193 Å². The number of nitrogens with one attached hydrogen (secondary N) is 1. The van der Waals surface area contributed by atoms with E-state index in [9.17, 15) is 9.59 Å². The smallest absolute Gasteiger partial charge is 0.344 e. The van der Waals surface area contributed by atoms with Crippen LogP contribution in [0.1, 0.15) is 15.9 Å². The fourth-order valence-electron chi connectivity index (χ4n) is 2.50. The molecule has 0 spiro atoms. The van der Waals surface area contributed by atoms with Crippen LogP contribution in [0.4, 0.5) is 0 Å². The molecule has 158 valence electrons. The van der Waals surface area contributed by atoms with Crippen LogP contribution in [0.5, 0.6) is 17.2 Å². The molecule has 8 heteroatoms. The van der Waals surface area contributed by atoms with Crippen LogP contribution in [0.25, 0.3) is 0 Å². The van der Waals surface area contributed by atoms with Crippen molar-refractivity contribution in [2.75, 3.05) is 13.7 Å². The summed E-state index contributed by atoms with van der Waals surface area (Å²) in [5.41, 5.74) is 3.62. The van der Waals surface area contributed by atoms with Crippen LogP contribution < -0.4 is 19.6 Å². The van der Waals surface area contributed by atoms with Crippen LogP contribution in [0.2, 0.25) is 0 Å². The maximum absolute atomic E-state index is 12.3. The Morgan fingerprint density at radius 3 is 2.35 bits per heavy atom. The van der Waals surface area contributed by atoms with E-state index in [2.05, 4.69) is 33.1 Å². The lowest BCUT2D eigenvalue weighted by Crippen LogP contribution is -2.24. The van der Waals surface area contributed by atoms with Crippen LogP contribution in [-0.4, -0.2) is 31.8 Å². The van der Waals surface area contributed by atoms with E-state index in [0.29, 0.717) is 22.8 Å². The molecule has 0 aromatic heterocycles. The second-order valence-electron chi connectivity index (χ2n) is 6.17. The zero-order valence-corrected chi connectivity index (χ0v) is 18.7. The fourth-order valence-corrected chi connectivity index (χ4v) is 3.11. The van der Waals surface area contributed by atoms with Gasteiger partial charge in [-0.3, -0.25) is 4.79 Å². The minimum Gasteiger partial charge on any atom is -0.493 e. The molecule has 1 N–H and O–H groups in total. The van der Waals surface area contributed by atoms with Crippen LogP contribution in [0.15, 0.2) is 77.9 Å². The highest BCUT2D eigenvalue weighted by molar-refractivity contribution is 14.1. The highest BCUT2D eigenvalue weighted by Gasteiger charge is 2.11. The first kappa shape index (κ1) is 22.3. The zero-order valence-electron chi connectivity index (χ0n) is 16.6. The van der Waals surface area contributed by atoms with Crippen LogP contribution in [0.3, 0.4) is 0 Å². The van der Waals surface area contributed by atoms with Crippen molar-refractivity contribution < 1.29 is 23.8 Å². The lowest BCUT2D eigenvalue weighted by molar-refractivity contribution is -0.123. The summed E-state index contributed by atoms with van der Waals surface area (Å²) >= 11 is 2.09. The summed E-state index contributed by atoms with van der Waals surface area (Å²) in [7, 11) is 1.53. The molecule has 3 rings (SSSR count). The number of carbonyl (C=O) groups is 2. The summed E-state index contributed by atoms with van der Waals surface area (Å²) in [6, 6.07) is 21.0. The molecule has 0 atom stereocenters. The van der Waals surface area contributed by atoms with Crippen LogP contribution >= 0.6 is 22.6 Å². The van der Waals surface area contributed by atoms with Crippen molar-refractivity contribution in [1.29, 1.82) is 0 Å². The van der Waals surface area contributed by atoms with Crippen molar-refractivity contribution in [2.45, 2.75) is 0 Å². The van der Waals surface area contributed by atoms with Gasteiger partial charge in [-0.25, -0.2) is 10.2 Å². The molecule has 0 unspecified atom stereocenters. The monoisotopic (exact) mass is 530 g/mol. The van der Waals surface area contributed by atoms with Crippen molar-refractivity contribution in [3.8, 4) is 17.2 Å². The normalized spacial score (nSPS) is 10.5. The van der Waals surface area contributed by atoms with E-state index in [4.69, 9.17) is 14.2 Å². The van der Waals surface area contributed by atoms with Crippen molar-refractivity contribution in [3.05, 3.63) is 87.5 Å². The number of amides is 1. The molecule has 3 aromatic rings. The number of hydrogen-bond donors (Lipinski definition) is 1. The third-order valence-electron chi connectivity index (χ3n) is 4.02. The van der Waals surface area contributed by atoms with Crippen LogP contribution in [-0.2, 0) is 4.79 Å². The maximum Gasteiger partial charge on any atom is 0.344 e. The minimum absolute atomic E-state index is 0.203. The standard InChI is InChI=1S/C23H19IN2O5/c1-29-20-8-4-5-9-21(20)30-15-22(27)26-25-14-16-10-12-17(13-11-16)31-23(28)18-6-2-3-7-19(18)24/h2-14H,15H2,1H3,(H,26,27). The topological polar surface area (TPSA) is 86.2 Å². The molecular formula is C23H19IN2O5. The summed E-state index contributed by atoms with van der Waals surface area (Å²) < 4.78 is 16.8. The largest absolute Gasteiger partial charge is 0.493 e. The number of hydrogen-bond acceptors (Lipinski definition) is 6. The fraction of sp³-hybridized carbons (Fsp3) is 0.0870. The van der Waals surface area contributed by atoms with E-state index in [1.165, 1.54) is 13.3 Å². The number of nitrogens with zero attached hydrogens (tertiary/aromatic N) is 1. The number of halogens is 1. The second-order valence-corrected chi connectivity index (χ2v) is 7.33. The Morgan fingerprint density at radius 1 is 0.968 bits per heavy atom. The molecule has 0 aliphatic rings. The molecule has 0 aliphatic carbocycles. The maximum atomic E-state index is 12.3. The number of benzene rings is 3. The van der Waals surface area contributed by atoms with Gasteiger partial charge in [0.1, 0.15) is 5.75 Å². The van der Waals surface area contributed by atoms with Gasteiger partial charge in [0.05, 0.1) is 18.9 Å². The van der Waals surface area contributed by atoms with Crippen molar-refractivity contribution >= 4 is 40.7 Å². The molecule has 0 aliphatic heterocycles. The summed E-state index contributed by atoms with van der Waals surface area (Å²) in [5.74, 6) is 0.593. The third kappa shape index (κ3) is 6.54. The zero-order chi connectivity index (χ0) is 22.1. The Hall–Kier alpha value is -3.40. The van der Waals surface area contributed by atoms with Crippen molar-refractivity contribution in [3.63, 3.8) is 0 Å². The average Bonchev–Trinajstić information content (AvgIpc) is 2.79. The van der Waals surface area contributed by atoms with E-state index in [1.54, 1.807) is 54.6 Å². The second kappa shape index (κ2) is 11.1. The number of carbonyl (C=O) groups excluding carboxylic acids is 2. The van der Waals surface area contributed by atoms with Gasteiger partial charge in [-0.15, -0.1) is 0 Å². The first-order chi connectivity index (χ1) is 15.1. The first-order valence-corrected chi connectivity index (χ1v) is 10.3. The van der Waals surface area contributed by atoms with Crippen molar-refractivity contribution in [1.82, 2.24) is 5.43 Å². The number of methoxy groups -OCH3 is 1. The summed E-state index contributed by atoms with van der Waals surface area (Å²) in [5, 5.41) is 3.90. The molecule has 7 nitrogen and oxygen atoms in total. The van der Waals surface area contributed by atoms with Gasteiger partial charge in [-0.1, -0.05) is 24.3 Å². The van der Waals surface area contributed by atoms with E-state index >= 15 is 0 Å². The van der Waals surface area contributed by atoms with Crippen LogP contribution in [0, 0.1) is 3.57 Å². The Balaban J connectivity index is 1.48. The summed E-state index contributed by atoms with van der Waals surface area (Å²) in [6.07, 6.45) is 1.48. The molecule has 1 amide bonds. The number of ether oxygens (including phenoxy) is 3. The van der Waals surface area contributed by atoms with Gasteiger partial charge >= 0.3 is 5.97 Å². The summed E-state index contributed by atoms with van der Waals surface area (Å²) in [4.78, 5) is 24.1. The first-order valence-electron chi connectivity index (χ1n) is 9.21. The molecule has 0 saturated heterocycles. The SMILES string of the molecule is COc1ccccc1OCC(=O)NN=Cc1ccc(OC(=O)c2ccccc2I)cc1. The Morgan fingerprint density at radius 2 is 1.65 bits per heavy atom. The highest BCUT2D eigenvalue weighted by atomic mass is 127. The lowest BCUT2D eigenvalue weighted by Gasteiger charge is -2.09. The number of hydrazone groups is 1. The van der Waals surface area contributed by atoms with Gasteiger partial charge in [0.25, 0.3) is 5.91 Å². The molecule has 0 bridgehead atoms. The van der Waals surface area contributed by atoms with Crippen molar-refractivity contribution in [2.24, 2.45) is 5.10 Å².